The van der Waals surface area contributed by atoms with Gasteiger partial charge in [-0.05, 0) is 45.2 Å². The average Bonchev–Trinajstić information content (AvgIpc) is 3.32. The molecule has 0 amide bonds. The van der Waals surface area contributed by atoms with Crippen molar-refractivity contribution >= 4 is 76.7 Å². The lowest BCUT2D eigenvalue weighted by Crippen LogP contribution is -2.41. The second-order valence-electron chi connectivity index (χ2n) is 10.2. The van der Waals surface area contributed by atoms with Crippen LogP contribution >= 0.6 is 11.3 Å². The highest BCUT2D eigenvalue weighted by Crippen LogP contribution is 2.45. The Morgan fingerprint density at radius 3 is 1.97 bits per heavy atom. The third-order valence-electron chi connectivity index (χ3n) is 7.68. The SMILES string of the molecule is CC1(C)OB(c2nc3ccccc3c3c4ccccc4c4sc5ccccc5c4c23)OC1(C)C. The molecule has 0 atom stereocenters. The van der Waals surface area contributed by atoms with Crippen LogP contribution in [-0.4, -0.2) is 23.3 Å². The van der Waals surface area contributed by atoms with Gasteiger partial charge in [-0.25, -0.2) is 0 Å². The Balaban J connectivity index is 1.76. The second kappa shape index (κ2) is 6.79. The van der Waals surface area contributed by atoms with E-state index in [1.807, 2.05) is 11.3 Å². The van der Waals surface area contributed by atoms with Gasteiger partial charge in [-0.15, -0.1) is 11.3 Å². The van der Waals surface area contributed by atoms with Crippen molar-refractivity contribution < 1.29 is 9.31 Å². The lowest BCUT2D eigenvalue weighted by Gasteiger charge is -2.32. The molecular formula is C29H24BNO2S. The third kappa shape index (κ3) is 2.63. The van der Waals surface area contributed by atoms with Crippen LogP contribution in [0.25, 0.3) is 52.6 Å². The summed E-state index contributed by atoms with van der Waals surface area (Å²) in [6, 6.07) is 25.9. The molecular weight excluding hydrogens is 437 g/mol. The van der Waals surface area contributed by atoms with E-state index in [0.717, 1.165) is 21.9 Å². The molecule has 0 aliphatic carbocycles. The molecule has 7 rings (SSSR count). The van der Waals surface area contributed by atoms with E-state index in [4.69, 9.17) is 14.3 Å². The summed E-state index contributed by atoms with van der Waals surface area (Å²) in [7, 11) is -0.542. The van der Waals surface area contributed by atoms with E-state index in [-0.39, 0.29) is 0 Å². The summed E-state index contributed by atoms with van der Waals surface area (Å²) >= 11 is 1.85. The molecule has 4 aromatic carbocycles. The Bertz CT molecular complexity index is 1770. The van der Waals surface area contributed by atoms with Gasteiger partial charge in [0.25, 0.3) is 0 Å². The summed E-state index contributed by atoms with van der Waals surface area (Å²) in [4.78, 5) is 5.21. The molecule has 0 radical (unpaired) electrons. The molecule has 6 aromatic rings. The number of hydrogen-bond acceptors (Lipinski definition) is 4. The van der Waals surface area contributed by atoms with Crippen molar-refractivity contribution in [1.29, 1.82) is 0 Å². The van der Waals surface area contributed by atoms with Gasteiger partial charge in [-0.3, -0.25) is 4.98 Å². The van der Waals surface area contributed by atoms with Gasteiger partial charge >= 0.3 is 7.12 Å². The molecule has 1 fully saturated rings. The van der Waals surface area contributed by atoms with Gasteiger partial charge in [0.2, 0.25) is 0 Å². The van der Waals surface area contributed by atoms with E-state index < -0.39 is 18.3 Å². The molecule has 0 spiro atoms. The lowest BCUT2D eigenvalue weighted by atomic mass is 9.78. The molecule has 0 N–H and O–H groups in total. The quantitative estimate of drug-likeness (QED) is 0.192. The fourth-order valence-electron chi connectivity index (χ4n) is 5.27. The summed E-state index contributed by atoms with van der Waals surface area (Å²) in [6.45, 7) is 8.39. The predicted octanol–water partition coefficient (Wildman–Crippen LogP) is 7.21. The summed E-state index contributed by atoms with van der Waals surface area (Å²) in [6.07, 6.45) is 0. The van der Waals surface area contributed by atoms with Crippen LogP contribution in [0.15, 0.2) is 72.8 Å². The van der Waals surface area contributed by atoms with Gasteiger partial charge in [0, 0.05) is 41.7 Å². The Morgan fingerprint density at radius 1 is 0.647 bits per heavy atom. The van der Waals surface area contributed by atoms with E-state index in [1.165, 1.54) is 36.3 Å². The number of hydrogen-bond donors (Lipinski definition) is 0. The maximum absolute atomic E-state index is 6.58. The van der Waals surface area contributed by atoms with Gasteiger partial charge < -0.3 is 9.31 Å². The minimum Gasteiger partial charge on any atom is -0.398 e. The van der Waals surface area contributed by atoms with Gasteiger partial charge in [-0.1, -0.05) is 60.7 Å². The van der Waals surface area contributed by atoms with Crippen molar-refractivity contribution in [2.24, 2.45) is 0 Å². The first-order valence-electron chi connectivity index (χ1n) is 11.8. The number of nitrogens with zero attached hydrogens (tertiary/aromatic N) is 1. The Morgan fingerprint density at radius 2 is 1.24 bits per heavy atom. The summed E-state index contributed by atoms with van der Waals surface area (Å²) in [5.41, 5.74) is 0.948. The fraction of sp³-hybridized carbons (Fsp3) is 0.207. The highest BCUT2D eigenvalue weighted by Gasteiger charge is 2.53. The highest BCUT2D eigenvalue weighted by molar-refractivity contribution is 7.27. The first-order chi connectivity index (χ1) is 16.4. The number of rotatable bonds is 1. The zero-order chi connectivity index (χ0) is 23.2. The van der Waals surface area contributed by atoms with Crippen molar-refractivity contribution in [2.45, 2.75) is 38.9 Å². The number of pyridine rings is 1. The lowest BCUT2D eigenvalue weighted by molar-refractivity contribution is 0.00578. The van der Waals surface area contributed by atoms with Crippen molar-refractivity contribution in [1.82, 2.24) is 4.98 Å². The minimum absolute atomic E-state index is 0.440. The van der Waals surface area contributed by atoms with Gasteiger partial charge in [0.15, 0.2) is 0 Å². The van der Waals surface area contributed by atoms with Crippen molar-refractivity contribution in [2.75, 3.05) is 0 Å². The number of fused-ring (bicyclic) bond motifs is 10. The van der Waals surface area contributed by atoms with E-state index >= 15 is 0 Å². The molecule has 1 aliphatic heterocycles. The molecule has 5 heteroatoms. The van der Waals surface area contributed by atoms with Crippen LogP contribution in [0.2, 0.25) is 0 Å². The molecule has 1 saturated heterocycles. The predicted molar refractivity (Wildman–Crippen MR) is 145 cm³/mol. The standard InChI is InChI=1S/C29H24BNO2S/c1-28(2)29(3,4)33-30(32-28)27-25-23(19-13-7-9-15-21(19)31-27)17-11-5-6-12-18(17)26-24(25)20-14-8-10-16-22(20)34-26/h5-16H,1-4H3. The van der Waals surface area contributed by atoms with E-state index in [9.17, 15) is 0 Å². The van der Waals surface area contributed by atoms with Crippen molar-refractivity contribution in [3.63, 3.8) is 0 Å². The van der Waals surface area contributed by atoms with Gasteiger partial charge in [0.1, 0.15) is 0 Å². The average molecular weight is 461 g/mol. The Labute approximate surface area is 202 Å². The number of aromatic nitrogens is 1. The number of para-hydroxylation sites is 1. The molecule has 166 valence electrons. The molecule has 0 unspecified atom stereocenters. The monoisotopic (exact) mass is 461 g/mol. The van der Waals surface area contributed by atoms with Crippen molar-refractivity contribution in [3.8, 4) is 0 Å². The van der Waals surface area contributed by atoms with Crippen LogP contribution in [-0.2, 0) is 9.31 Å². The second-order valence-corrected chi connectivity index (χ2v) is 11.3. The minimum atomic E-state index is -0.542. The van der Waals surface area contributed by atoms with Crippen LogP contribution in [0.3, 0.4) is 0 Å². The zero-order valence-electron chi connectivity index (χ0n) is 19.7. The Hall–Kier alpha value is -2.99. The molecule has 1 aliphatic rings. The van der Waals surface area contributed by atoms with Crippen molar-refractivity contribution in [3.05, 3.63) is 72.8 Å². The van der Waals surface area contributed by atoms with E-state index in [2.05, 4.69) is 100 Å². The van der Waals surface area contributed by atoms with Gasteiger partial charge in [-0.2, -0.15) is 0 Å². The van der Waals surface area contributed by atoms with Gasteiger partial charge in [0.05, 0.1) is 22.3 Å². The van der Waals surface area contributed by atoms with Crippen LogP contribution in [0.5, 0.6) is 0 Å². The third-order valence-corrected chi connectivity index (χ3v) is 8.89. The fourth-order valence-corrected chi connectivity index (χ4v) is 6.52. The molecule has 0 bridgehead atoms. The van der Waals surface area contributed by atoms with E-state index in [1.54, 1.807) is 0 Å². The molecule has 3 nitrogen and oxygen atoms in total. The summed E-state index contributed by atoms with van der Waals surface area (Å²) in [5, 5.41) is 8.55. The highest BCUT2D eigenvalue weighted by atomic mass is 32.1. The number of benzene rings is 4. The molecule has 2 aromatic heterocycles. The summed E-state index contributed by atoms with van der Waals surface area (Å²) in [5.74, 6) is 0. The van der Waals surface area contributed by atoms with Crippen LogP contribution in [0.1, 0.15) is 27.7 Å². The molecule has 34 heavy (non-hydrogen) atoms. The topological polar surface area (TPSA) is 31.4 Å². The van der Waals surface area contributed by atoms with E-state index in [0.29, 0.717) is 0 Å². The first-order valence-corrected chi connectivity index (χ1v) is 12.6. The van der Waals surface area contributed by atoms with Crippen LogP contribution in [0.4, 0.5) is 0 Å². The van der Waals surface area contributed by atoms with Crippen LogP contribution in [0, 0.1) is 0 Å². The first kappa shape index (κ1) is 20.4. The Kier molecular flexibility index (Phi) is 4.07. The van der Waals surface area contributed by atoms with Crippen LogP contribution < -0.4 is 5.59 Å². The summed E-state index contributed by atoms with van der Waals surface area (Å²) < 4.78 is 15.7. The number of thiophene rings is 1. The molecule has 3 heterocycles. The smallest absolute Gasteiger partial charge is 0.398 e. The largest absolute Gasteiger partial charge is 0.515 e. The zero-order valence-corrected chi connectivity index (χ0v) is 20.5. The molecule has 0 saturated carbocycles. The maximum Gasteiger partial charge on any atom is 0.515 e. The maximum atomic E-state index is 6.58. The normalized spacial score (nSPS) is 17.6.